The smallest absolute Gasteiger partial charge is 0.0544 e. The van der Waals surface area contributed by atoms with Crippen LogP contribution in [0.4, 0.5) is 0 Å². The van der Waals surface area contributed by atoms with Crippen LogP contribution >= 0.6 is 0 Å². The third-order valence-corrected chi connectivity index (χ3v) is 5.89. The molecule has 0 radical (unpaired) electrons. The van der Waals surface area contributed by atoms with Crippen molar-refractivity contribution in [3.63, 3.8) is 0 Å². The summed E-state index contributed by atoms with van der Waals surface area (Å²) < 4.78 is 0. The predicted molar refractivity (Wildman–Crippen MR) is 54.2 cm³/mol. The Morgan fingerprint density at radius 1 is 1.20 bits per heavy atom. The van der Waals surface area contributed by atoms with Crippen molar-refractivity contribution in [1.29, 1.82) is 0 Å². The van der Waals surface area contributed by atoms with Gasteiger partial charge in [-0.15, -0.1) is 0 Å². The van der Waals surface area contributed by atoms with E-state index in [2.05, 4.69) is 30.3 Å². The highest BCUT2D eigenvalue weighted by atomic mass is 28.2. The molecule has 1 aromatic rings. The molecule has 0 nitrogen and oxygen atoms in total. The minimum atomic E-state index is 0.123. The summed E-state index contributed by atoms with van der Waals surface area (Å²) in [5.74, 6) is 0. The third-order valence-electron chi connectivity index (χ3n) is 1.66. The van der Waals surface area contributed by atoms with Gasteiger partial charge in [-0.1, -0.05) is 47.6 Å². The van der Waals surface area contributed by atoms with Crippen molar-refractivity contribution in [2.24, 2.45) is 0 Å². The third kappa shape index (κ3) is 2.50. The van der Waals surface area contributed by atoms with Crippen molar-refractivity contribution < 1.29 is 0 Å². The average molecular weight is 166 g/mol. The first-order valence-electron chi connectivity index (χ1n) is 3.97. The fourth-order valence-corrected chi connectivity index (χ4v) is 3.45. The topological polar surface area (TPSA) is 0 Å². The van der Waals surface area contributed by atoms with Gasteiger partial charge in [0, 0.05) is 10.2 Å². The van der Waals surface area contributed by atoms with Crippen LogP contribution in [0.5, 0.6) is 0 Å². The molecule has 0 atom stereocenters. The van der Waals surface area contributed by atoms with Gasteiger partial charge in [-0.05, 0) is 0 Å². The van der Waals surface area contributed by atoms with Crippen LogP contribution in [0.25, 0.3) is 0 Å². The molecule has 0 N–H and O–H groups in total. The Morgan fingerprint density at radius 2 is 1.90 bits per heavy atom. The van der Waals surface area contributed by atoms with Crippen LogP contribution in [0, 0.1) is 0 Å². The van der Waals surface area contributed by atoms with Crippen molar-refractivity contribution in [2.45, 2.75) is 12.1 Å². The first kappa shape index (κ1) is 7.76. The van der Waals surface area contributed by atoms with E-state index in [9.17, 15) is 0 Å². The van der Waals surface area contributed by atoms with E-state index in [1.165, 1.54) is 22.3 Å². The summed E-state index contributed by atoms with van der Waals surface area (Å²) in [6, 6.07) is 13.9. The lowest BCUT2D eigenvalue weighted by molar-refractivity contribution is 1.44. The molecule has 0 amide bonds. The Labute approximate surface area is 67.9 Å². The van der Waals surface area contributed by atoms with Gasteiger partial charge in [-0.2, -0.15) is 0 Å². The number of rotatable bonds is 3. The van der Waals surface area contributed by atoms with Crippen molar-refractivity contribution >= 4 is 24.9 Å². The summed E-state index contributed by atoms with van der Waals surface area (Å²) in [6.07, 6.45) is 0. The van der Waals surface area contributed by atoms with Crippen molar-refractivity contribution in [1.82, 2.24) is 0 Å². The van der Waals surface area contributed by atoms with Gasteiger partial charge < -0.3 is 0 Å². The average Bonchev–Trinajstić information content (AvgIpc) is 2.03. The first-order chi connectivity index (χ1) is 4.93. The fourth-order valence-electron chi connectivity index (χ4n) is 1.03. The second-order valence-electron chi connectivity index (χ2n) is 2.59. The van der Waals surface area contributed by atoms with E-state index in [0.717, 1.165) is 0 Å². The van der Waals surface area contributed by atoms with Crippen molar-refractivity contribution in [2.75, 3.05) is 0 Å². The maximum atomic E-state index is 2.27. The summed E-state index contributed by atoms with van der Waals surface area (Å²) in [4.78, 5) is 0. The van der Waals surface area contributed by atoms with E-state index in [1.807, 2.05) is 0 Å². The lowest BCUT2D eigenvalue weighted by Gasteiger charge is -1.95. The highest BCUT2D eigenvalue weighted by Gasteiger charge is 1.88. The molecule has 0 aliphatic rings. The van der Waals surface area contributed by atoms with Crippen LogP contribution in [-0.4, -0.2) is 19.8 Å². The molecule has 1 rings (SSSR count). The van der Waals surface area contributed by atoms with Gasteiger partial charge in [0.05, 0.1) is 9.52 Å². The summed E-state index contributed by atoms with van der Waals surface area (Å²) >= 11 is 0. The Kier molecular flexibility index (Phi) is 3.46. The lowest BCUT2D eigenvalue weighted by Crippen LogP contribution is -2.11. The molecule has 54 valence electrons. The minimum absolute atomic E-state index is 0.123. The Balaban J connectivity index is 2.43. The molecular formula is C8H14Si2. The highest BCUT2D eigenvalue weighted by molar-refractivity contribution is 6.54. The molecule has 0 fully saturated rings. The summed E-state index contributed by atoms with van der Waals surface area (Å²) in [5.41, 5.74) is 0. The summed E-state index contributed by atoms with van der Waals surface area (Å²) in [6.45, 7) is 0. The zero-order valence-corrected chi connectivity index (χ0v) is 9.92. The van der Waals surface area contributed by atoms with Crippen LogP contribution in [-0.2, 0) is 0 Å². The molecule has 0 aliphatic heterocycles. The molecular weight excluding hydrogens is 152 g/mol. The Hall–Kier alpha value is -0.346. The Morgan fingerprint density at radius 3 is 2.50 bits per heavy atom. The molecule has 0 saturated carbocycles. The molecule has 0 aliphatic carbocycles. The molecule has 0 spiro atoms. The molecule has 10 heavy (non-hydrogen) atoms. The van der Waals surface area contributed by atoms with Crippen LogP contribution in [0.3, 0.4) is 0 Å². The van der Waals surface area contributed by atoms with Gasteiger partial charge in [-0.25, -0.2) is 0 Å². The maximum Gasteiger partial charge on any atom is 0.0544 e. The standard InChI is InChI=1S/C8H14Si2/c9-6-7-10-8-4-2-1-3-5-8/h1-5H,6-7,10H2,9H3. The molecule has 0 unspecified atom stereocenters. The fraction of sp³-hybridized carbons (Fsp3) is 0.250. The van der Waals surface area contributed by atoms with Crippen LogP contribution in [0.1, 0.15) is 0 Å². The quantitative estimate of drug-likeness (QED) is 0.540. The van der Waals surface area contributed by atoms with Crippen molar-refractivity contribution in [3.8, 4) is 0 Å². The maximum absolute atomic E-state index is 2.27. The predicted octanol–water partition coefficient (Wildman–Crippen LogP) is -0.317. The lowest BCUT2D eigenvalue weighted by atomic mass is 10.4. The highest BCUT2D eigenvalue weighted by Crippen LogP contribution is 1.86. The van der Waals surface area contributed by atoms with Gasteiger partial charge in [-0.3, -0.25) is 0 Å². The zero-order valence-electron chi connectivity index (χ0n) is 6.51. The molecule has 0 bridgehead atoms. The Bertz CT molecular complexity index is 172. The normalized spacial score (nSPS) is 11.2. The van der Waals surface area contributed by atoms with Gasteiger partial charge in [0.25, 0.3) is 0 Å². The second kappa shape index (κ2) is 4.47. The zero-order chi connectivity index (χ0) is 7.23. The van der Waals surface area contributed by atoms with E-state index in [0.29, 0.717) is 0 Å². The van der Waals surface area contributed by atoms with Gasteiger partial charge in [0.15, 0.2) is 0 Å². The van der Waals surface area contributed by atoms with Gasteiger partial charge >= 0.3 is 0 Å². The van der Waals surface area contributed by atoms with E-state index in [1.54, 1.807) is 5.19 Å². The second-order valence-corrected chi connectivity index (χ2v) is 5.61. The van der Waals surface area contributed by atoms with Crippen LogP contribution in [0.15, 0.2) is 30.3 Å². The van der Waals surface area contributed by atoms with Gasteiger partial charge in [0.1, 0.15) is 0 Å². The number of hydrogen-bond acceptors (Lipinski definition) is 0. The SMILES string of the molecule is [SiH3]CC[SiH2]c1ccccc1. The van der Waals surface area contributed by atoms with Crippen LogP contribution in [0.2, 0.25) is 12.1 Å². The largest absolute Gasteiger partial charge is 0.0683 e. The van der Waals surface area contributed by atoms with E-state index in [4.69, 9.17) is 0 Å². The molecule has 0 aromatic heterocycles. The number of benzene rings is 1. The summed E-state index contributed by atoms with van der Waals surface area (Å²) in [5, 5.41) is 1.62. The van der Waals surface area contributed by atoms with E-state index >= 15 is 0 Å². The summed E-state index contributed by atoms with van der Waals surface area (Å²) in [7, 11) is 1.51. The molecule has 0 saturated heterocycles. The van der Waals surface area contributed by atoms with Crippen LogP contribution < -0.4 is 5.19 Å². The molecule has 1 aromatic carbocycles. The number of hydrogen-bond donors (Lipinski definition) is 0. The molecule has 0 heterocycles. The van der Waals surface area contributed by atoms with E-state index < -0.39 is 0 Å². The van der Waals surface area contributed by atoms with Gasteiger partial charge in [0.2, 0.25) is 0 Å². The van der Waals surface area contributed by atoms with Crippen molar-refractivity contribution in [3.05, 3.63) is 30.3 Å². The first-order valence-corrected chi connectivity index (χ1v) is 7.09. The van der Waals surface area contributed by atoms with E-state index in [-0.39, 0.29) is 9.52 Å². The minimum Gasteiger partial charge on any atom is -0.0683 e. The monoisotopic (exact) mass is 166 g/mol. The molecule has 2 heteroatoms.